The topological polar surface area (TPSA) is 198 Å². The molecule has 1 amide bonds. The summed E-state index contributed by atoms with van der Waals surface area (Å²) in [5.41, 5.74) is 0.240. The SMILES string of the molecule is COc1cc(-c2nc3cc(N4CCOC4=O)ccc3n2C2(C)COC2Oc2c(O)c(OC)cc(-c3nc4ccc(-c5ncc(F)cn5)cc4n3C3(C)COC3)c2F)c(F)c(O)c1O. The Kier molecular flexibility index (Phi) is 9.08. The number of phenols is 3. The van der Waals surface area contributed by atoms with Crippen molar-refractivity contribution in [2.45, 2.75) is 31.2 Å². The minimum atomic E-state index is -1.40. The predicted molar refractivity (Wildman–Crippen MR) is 217 cm³/mol. The molecular formula is C43H36F3N7O10. The van der Waals surface area contributed by atoms with E-state index in [2.05, 4.69) is 9.97 Å². The highest BCUT2D eigenvalue weighted by Crippen LogP contribution is 2.50. The fourth-order valence-corrected chi connectivity index (χ4v) is 8.28. The normalized spacial score (nSPS) is 19.3. The van der Waals surface area contributed by atoms with E-state index in [0.717, 1.165) is 18.5 Å². The van der Waals surface area contributed by atoms with Gasteiger partial charge in [0.2, 0.25) is 23.5 Å². The van der Waals surface area contributed by atoms with E-state index in [9.17, 15) is 24.5 Å². The summed E-state index contributed by atoms with van der Waals surface area (Å²) in [5, 5.41) is 32.6. The van der Waals surface area contributed by atoms with E-state index >= 15 is 8.78 Å². The Bertz CT molecular complexity index is 3030. The Morgan fingerprint density at radius 2 is 1.46 bits per heavy atom. The number of phenolic OH excluding ortho intramolecular Hbond substituents is 3. The number of ether oxygens (including phenoxy) is 6. The molecule has 4 aromatic carbocycles. The number of cyclic esters (lactones) is 1. The molecule has 0 spiro atoms. The van der Waals surface area contributed by atoms with Gasteiger partial charge in [0.15, 0.2) is 40.5 Å². The molecule has 2 atom stereocenters. The van der Waals surface area contributed by atoms with Gasteiger partial charge < -0.3 is 52.9 Å². The van der Waals surface area contributed by atoms with Crippen LogP contribution in [-0.2, 0) is 25.3 Å². The number of imidazole rings is 2. The second-order valence-electron chi connectivity index (χ2n) is 15.8. The maximum atomic E-state index is 17.4. The number of amides is 1. The molecule has 3 aliphatic rings. The van der Waals surface area contributed by atoms with Crippen molar-refractivity contribution in [3.63, 3.8) is 0 Å². The third-order valence-corrected chi connectivity index (χ3v) is 11.6. The second-order valence-corrected chi connectivity index (χ2v) is 15.8. The molecule has 3 saturated heterocycles. The van der Waals surface area contributed by atoms with Gasteiger partial charge in [-0.05, 0) is 62.4 Å². The van der Waals surface area contributed by atoms with Gasteiger partial charge in [-0.25, -0.2) is 37.9 Å². The maximum absolute atomic E-state index is 17.4. The van der Waals surface area contributed by atoms with E-state index in [1.165, 1.54) is 25.2 Å². The molecule has 3 aromatic heterocycles. The zero-order valence-corrected chi connectivity index (χ0v) is 33.9. The molecule has 63 heavy (non-hydrogen) atoms. The quantitative estimate of drug-likeness (QED) is 0.125. The Balaban J connectivity index is 1.11. The maximum Gasteiger partial charge on any atom is 0.414 e. The molecule has 0 saturated carbocycles. The number of rotatable bonds is 10. The third kappa shape index (κ3) is 6.03. The van der Waals surface area contributed by atoms with Gasteiger partial charge >= 0.3 is 6.09 Å². The number of halogens is 3. The van der Waals surface area contributed by atoms with E-state index < -0.39 is 63.9 Å². The second kappa shape index (κ2) is 14.4. The Labute approximate surface area is 354 Å². The van der Waals surface area contributed by atoms with Crippen LogP contribution in [0.25, 0.3) is 56.2 Å². The largest absolute Gasteiger partial charge is 0.502 e. The fraction of sp³-hybridized carbons (Fsp3) is 0.279. The number of carbonyl (C=O) groups is 1. The predicted octanol–water partition coefficient (Wildman–Crippen LogP) is 6.58. The highest BCUT2D eigenvalue weighted by molar-refractivity contribution is 5.93. The molecule has 10 rings (SSSR count). The Hall–Kier alpha value is -7.32. The number of methoxy groups -OCH3 is 2. The number of hydrogen-bond acceptors (Lipinski definition) is 14. The van der Waals surface area contributed by atoms with Crippen molar-refractivity contribution in [3.05, 3.63) is 78.4 Å². The first-order valence-electron chi connectivity index (χ1n) is 19.5. The molecule has 17 nitrogen and oxygen atoms in total. The number of carbonyl (C=O) groups excluding carboxylic acids is 1. The lowest BCUT2D eigenvalue weighted by Crippen LogP contribution is -2.60. The molecule has 20 heteroatoms. The molecule has 3 N–H and O–H groups in total. The first-order chi connectivity index (χ1) is 30.2. The Morgan fingerprint density at radius 3 is 2.10 bits per heavy atom. The van der Waals surface area contributed by atoms with E-state index in [-0.39, 0.29) is 78.6 Å². The zero-order chi connectivity index (χ0) is 44.1. The summed E-state index contributed by atoms with van der Waals surface area (Å²) in [5.74, 6) is -6.19. The zero-order valence-electron chi connectivity index (χ0n) is 33.9. The van der Waals surface area contributed by atoms with Crippen LogP contribution in [0.1, 0.15) is 13.8 Å². The number of fused-ring (bicyclic) bond motifs is 2. The standard InChI is InChI=1S/C43H36F3N7O10/c1-42(17-60-18-42)52-28-11-20(37-47-15-21(44)16-48-37)5-7-25(28)49-38(52)24-14-30(59-4)34(55)36(32(24)46)63-40-43(2,19-62-40)53-27-8-6-22(51-9-10-61-41(51)57)12-26(27)50-39(53)23-13-29(58-3)33(54)35(56)31(23)45/h5-8,11-16,40,54-56H,9-10,17-19H2,1-4H3. The first-order valence-corrected chi connectivity index (χ1v) is 19.5. The average Bonchev–Trinajstić information content (AvgIpc) is 3.99. The summed E-state index contributed by atoms with van der Waals surface area (Å²) in [6, 6.07) is 12.5. The lowest BCUT2D eigenvalue weighted by molar-refractivity contribution is -0.255. The minimum Gasteiger partial charge on any atom is -0.502 e. The van der Waals surface area contributed by atoms with Gasteiger partial charge in [0, 0.05) is 11.3 Å². The summed E-state index contributed by atoms with van der Waals surface area (Å²) in [7, 11) is 2.52. The van der Waals surface area contributed by atoms with Gasteiger partial charge in [-0.1, -0.05) is 0 Å². The first kappa shape index (κ1) is 39.8. The number of aromatic nitrogens is 6. The lowest BCUT2D eigenvalue weighted by atomic mass is 9.95. The third-order valence-electron chi connectivity index (χ3n) is 11.6. The molecule has 0 aliphatic carbocycles. The fourth-order valence-electron chi connectivity index (χ4n) is 8.28. The van der Waals surface area contributed by atoms with E-state index in [4.69, 9.17) is 38.4 Å². The average molecular weight is 868 g/mol. The van der Waals surface area contributed by atoms with Crippen molar-refractivity contribution in [2.75, 3.05) is 52.1 Å². The van der Waals surface area contributed by atoms with Crippen LogP contribution in [0.3, 0.4) is 0 Å². The molecule has 2 unspecified atom stereocenters. The van der Waals surface area contributed by atoms with Gasteiger partial charge in [-0.2, -0.15) is 0 Å². The van der Waals surface area contributed by atoms with Crippen LogP contribution in [0.15, 0.2) is 60.9 Å². The molecular weight excluding hydrogens is 832 g/mol. The number of anilines is 1. The van der Waals surface area contributed by atoms with Crippen molar-refractivity contribution in [1.29, 1.82) is 0 Å². The molecule has 3 fully saturated rings. The van der Waals surface area contributed by atoms with Gasteiger partial charge in [0.25, 0.3) is 0 Å². The number of hydrogen-bond donors (Lipinski definition) is 3. The van der Waals surface area contributed by atoms with E-state index in [1.807, 2.05) is 11.5 Å². The van der Waals surface area contributed by atoms with Crippen LogP contribution in [0.5, 0.6) is 34.5 Å². The van der Waals surface area contributed by atoms with Crippen molar-refractivity contribution < 1.29 is 61.7 Å². The summed E-state index contributed by atoms with van der Waals surface area (Å²) < 4.78 is 84.3. The van der Waals surface area contributed by atoms with Crippen molar-refractivity contribution >= 4 is 33.8 Å². The highest BCUT2D eigenvalue weighted by atomic mass is 19.1. The molecule has 6 heterocycles. The molecule has 7 aromatic rings. The smallest absolute Gasteiger partial charge is 0.414 e. The molecule has 0 bridgehead atoms. The molecule has 3 aliphatic heterocycles. The van der Waals surface area contributed by atoms with Crippen LogP contribution in [0, 0.1) is 17.5 Å². The van der Waals surface area contributed by atoms with Crippen LogP contribution in [0.2, 0.25) is 0 Å². The van der Waals surface area contributed by atoms with Gasteiger partial charge in [0.1, 0.15) is 23.8 Å². The van der Waals surface area contributed by atoms with Gasteiger partial charge in [-0.3, -0.25) is 4.90 Å². The van der Waals surface area contributed by atoms with Gasteiger partial charge in [0.05, 0.1) is 91.7 Å². The lowest BCUT2D eigenvalue weighted by Gasteiger charge is -2.47. The summed E-state index contributed by atoms with van der Waals surface area (Å²) in [6.07, 6.45) is 0.157. The number of benzene rings is 4. The van der Waals surface area contributed by atoms with Crippen LogP contribution in [0.4, 0.5) is 23.7 Å². The minimum absolute atomic E-state index is 0.0808. The van der Waals surface area contributed by atoms with Crippen LogP contribution < -0.4 is 19.1 Å². The number of nitrogens with zero attached hydrogens (tertiary/aromatic N) is 7. The van der Waals surface area contributed by atoms with Gasteiger partial charge in [-0.15, -0.1) is 0 Å². The molecule has 0 radical (unpaired) electrons. The van der Waals surface area contributed by atoms with E-state index in [1.54, 1.807) is 47.9 Å². The summed E-state index contributed by atoms with van der Waals surface area (Å²) in [6.45, 7) is 4.47. The van der Waals surface area contributed by atoms with Crippen molar-refractivity contribution in [1.82, 2.24) is 29.1 Å². The van der Waals surface area contributed by atoms with E-state index in [0.29, 0.717) is 27.8 Å². The monoisotopic (exact) mass is 867 g/mol. The highest BCUT2D eigenvalue weighted by Gasteiger charge is 2.52. The Morgan fingerprint density at radius 1 is 0.778 bits per heavy atom. The van der Waals surface area contributed by atoms with Crippen molar-refractivity contribution in [2.24, 2.45) is 0 Å². The summed E-state index contributed by atoms with van der Waals surface area (Å²) in [4.78, 5) is 31.7. The van der Waals surface area contributed by atoms with Crippen LogP contribution >= 0.6 is 0 Å². The van der Waals surface area contributed by atoms with Crippen molar-refractivity contribution in [3.8, 4) is 68.7 Å². The number of aromatic hydroxyl groups is 3. The summed E-state index contributed by atoms with van der Waals surface area (Å²) >= 11 is 0. The van der Waals surface area contributed by atoms with Crippen LogP contribution in [-0.4, -0.2) is 104 Å². The molecule has 324 valence electrons.